The summed E-state index contributed by atoms with van der Waals surface area (Å²) in [5.41, 5.74) is 2.66. The maximum absolute atomic E-state index is 11.8. The molecule has 0 spiro atoms. The highest BCUT2D eigenvalue weighted by molar-refractivity contribution is 9.10. The first-order chi connectivity index (χ1) is 25.1. The molecule has 2 N–H and O–H groups in total. The summed E-state index contributed by atoms with van der Waals surface area (Å²) in [6.45, 7) is 0. The van der Waals surface area contributed by atoms with E-state index < -0.39 is 21.7 Å². The number of nitrogens with zero attached hydrogens (tertiary/aromatic N) is 4. The lowest BCUT2D eigenvalue weighted by molar-refractivity contribution is -0.433. The molecule has 12 nitrogen and oxygen atoms in total. The van der Waals surface area contributed by atoms with E-state index in [1.54, 1.807) is 86.9 Å². The number of halogens is 2. The van der Waals surface area contributed by atoms with Gasteiger partial charge in [0.05, 0.1) is 33.1 Å². The monoisotopic (exact) mass is 822 g/mol. The number of benzene rings is 4. The maximum atomic E-state index is 11.8. The lowest BCUT2D eigenvalue weighted by atomic mass is 9.85. The van der Waals surface area contributed by atoms with Crippen LogP contribution in [0.15, 0.2) is 152 Å². The molecule has 0 aliphatic carbocycles. The number of nitrogens with one attached hydrogen (secondary N) is 2. The third-order valence-corrected chi connectivity index (χ3v) is 9.11. The van der Waals surface area contributed by atoms with Gasteiger partial charge in [0.25, 0.3) is 11.8 Å². The van der Waals surface area contributed by atoms with Crippen molar-refractivity contribution in [2.75, 3.05) is 14.1 Å². The highest BCUT2D eigenvalue weighted by Gasteiger charge is 2.43. The van der Waals surface area contributed by atoms with Crippen LogP contribution in [0, 0.1) is 42.9 Å². The van der Waals surface area contributed by atoms with Gasteiger partial charge in [-0.3, -0.25) is 20.2 Å². The molecule has 4 aromatic rings. The Bertz CT molecular complexity index is 2050. The van der Waals surface area contributed by atoms with E-state index in [1.165, 1.54) is 0 Å². The van der Waals surface area contributed by atoms with E-state index in [0.29, 0.717) is 33.8 Å². The summed E-state index contributed by atoms with van der Waals surface area (Å²) in [7, 11) is 3.11. The van der Waals surface area contributed by atoms with Crippen LogP contribution >= 0.6 is 31.9 Å². The molecular formula is C38H28Br2N6O6. The summed E-state index contributed by atoms with van der Waals surface area (Å²) < 4.78 is 13.2. The van der Waals surface area contributed by atoms with Crippen LogP contribution in [0.2, 0.25) is 0 Å². The number of hydrogen-bond acceptors (Lipinski definition) is 10. The molecule has 0 fully saturated rings. The Kier molecular flexibility index (Phi) is 11.9. The summed E-state index contributed by atoms with van der Waals surface area (Å²) in [5, 5.41) is 48.6. The lowest BCUT2D eigenvalue weighted by Gasteiger charge is -2.25. The van der Waals surface area contributed by atoms with Crippen LogP contribution in [-0.4, -0.2) is 23.9 Å². The molecule has 2 heterocycles. The van der Waals surface area contributed by atoms with Gasteiger partial charge >= 0.3 is 11.4 Å². The molecule has 52 heavy (non-hydrogen) atoms. The molecule has 0 amide bonds. The fourth-order valence-electron chi connectivity index (χ4n) is 5.75. The van der Waals surface area contributed by atoms with Crippen LogP contribution in [0.3, 0.4) is 0 Å². The Balaban J connectivity index is 0.000000201. The third kappa shape index (κ3) is 7.73. The minimum atomic E-state index is -0.838. The van der Waals surface area contributed by atoms with Gasteiger partial charge in [-0.15, -0.1) is 0 Å². The zero-order valence-electron chi connectivity index (χ0n) is 27.5. The Morgan fingerprint density at radius 1 is 0.596 bits per heavy atom. The molecule has 14 heteroatoms. The number of nitriles is 2. The van der Waals surface area contributed by atoms with Crippen LogP contribution in [0.1, 0.15) is 34.1 Å². The second-order valence-corrected chi connectivity index (χ2v) is 12.9. The van der Waals surface area contributed by atoms with E-state index in [9.17, 15) is 30.8 Å². The van der Waals surface area contributed by atoms with Crippen LogP contribution in [0.25, 0.3) is 11.5 Å². The Hall–Kier alpha value is -6.22. The molecule has 0 unspecified atom stereocenters. The van der Waals surface area contributed by atoms with Crippen molar-refractivity contribution >= 4 is 43.4 Å². The molecule has 0 saturated heterocycles. The van der Waals surface area contributed by atoms with Crippen molar-refractivity contribution in [3.8, 4) is 12.1 Å². The number of nitro groups is 2. The molecule has 4 aromatic carbocycles. The quantitative estimate of drug-likeness (QED) is 0.130. The van der Waals surface area contributed by atoms with Gasteiger partial charge in [0.2, 0.25) is 0 Å². The molecule has 2 aliphatic rings. The zero-order valence-corrected chi connectivity index (χ0v) is 30.7. The smallest absolute Gasteiger partial charge is 0.318 e. The van der Waals surface area contributed by atoms with Crippen molar-refractivity contribution in [1.29, 1.82) is 10.5 Å². The molecule has 2 aliphatic heterocycles. The molecular weight excluding hydrogens is 796 g/mol. The molecule has 0 bridgehead atoms. The molecule has 0 saturated carbocycles. The van der Waals surface area contributed by atoms with Crippen molar-refractivity contribution in [2.24, 2.45) is 0 Å². The molecule has 2 atom stereocenters. The Morgan fingerprint density at radius 2 is 0.923 bits per heavy atom. The minimum absolute atomic E-state index is 0.0285. The highest BCUT2D eigenvalue weighted by Crippen LogP contribution is 2.44. The molecule has 260 valence electrons. The topological polar surface area (TPSA) is 176 Å². The Labute approximate surface area is 315 Å². The lowest BCUT2D eigenvalue weighted by Crippen LogP contribution is -2.26. The highest BCUT2D eigenvalue weighted by atomic mass is 79.9. The van der Waals surface area contributed by atoms with E-state index in [2.05, 4.69) is 54.6 Å². The normalized spacial score (nSPS) is 16.7. The van der Waals surface area contributed by atoms with E-state index in [0.717, 1.165) is 8.95 Å². The van der Waals surface area contributed by atoms with Gasteiger partial charge < -0.3 is 20.1 Å². The summed E-state index contributed by atoms with van der Waals surface area (Å²) in [4.78, 5) is 22.5. The van der Waals surface area contributed by atoms with E-state index in [-0.39, 0.29) is 34.3 Å². The van der Waals surface area contributed by atoms with E-state index in [1.807, 2.05) is 36.4 Å². The predicted molar refractivity (Wildman–Crippen MR) is 200 cm³/mol. The first kappa shape index (κ1) is 37.0. The molecule has 6 rings (SSSR count). The van der Waals surface area contributed by atoms with Gasteiger partial charge in [-0.25, -0.2) is 0 Å². The largest absolute Gasteiger partial charge is 0.434 e. The van der Waals surface area contributed by atoms with E-state index in [4.69, 9.17) is 9.47 Å². The van der Waals surface area contributed by atoms with Crippen molar-refractivity contribution in [2.45, 2.75) is 11.8 Å². The van der Waals surface area contributed by atoms with Gasteiger partial charge in [-0.2, -0.15) is 10.5 Å². The maximum Gasteiger partial charge on any atom is 0.318 e. The summed E-state index contributed by atoms with van der Waals surface area (Å²) in [6, 6.07) is 36.6. The van der Waals surface area contributed by atoms with Crippen LogP contribution < -0.4 is 10.6 Å². The molecule has 0 radical (unpaired) electrons. The summed E-state index contributed by atoms with van der Waals surface area (Å²) in [6.07, 6.45) is 0. The van der Waals surface area contributed by atoms with Crippen LogP contribution in [0.4, 0.5) is 0 Å². The number of allylic oxidation sites excluding steroid dienone is 2. The number of rotatable bonds is 8. The second kappa shape index (κ2) is 16.7. The van der Waals surface area contributed by atoms with Crippen molar-refractivity contribution < 1.29 is 19.3 Å². The van der Waals surface area contributed by atoms with Gasteiger partial charge in [-0.1, -0.05) is 117 Å². The van der Waals surface area contributed by atoms with Gasteiger partial charge in [0.15, 0.2) is 11.5 Å². The SMILES string of the molecule is CNC1=C([N+](=O)[O-])[C@@H](c2ccc(Br)cc2)C(C#N)=C(c2ccccc2)O1.CNC1=C([N+](=O)[O-])[C@@H](c2ccc(Br)cc2)C(C#N)=C(c2ccccc2)O1. The van der Waals surface area contributed by atoms with E-state index >= 15 is 0 Å². The standard InChI is InChI=1S/2C19H14BrN3O3/c2*1-22-19-17(23(24)25)16(12-7-9-14(20)10-8-12)15(11-21)18(26-19)13-5-3-2-4-6-13/h2*2-10,16,22H,1H3/t2*16-/m00/s1. The van der Waals surface area contributed by atoms with Crippen molar-refractivity contribution in [3.05, 3.63) is 195 Å². The average Bonchev–Trinajstić information content (AvgIpc) is 3.17. The van der Waals surface area contributed by atoms with Crippen molar-refractivity contribution in [1.82, 2.24) is 10.6 Å². The van der Waals surface area contributed by atoms with Gasteiger partial charge in [0, 0.05) is 34.2 Å². The Morgan fingerprint density at radius 3 is 1.19 bits per heavy atom. The first-order valence-electron chi connectivity index (χ1n) is 15.5. The molecule has 0 aromatic heterocycles. The number of ether oxygens (including phenoxy) is 2. The number of hydrogen-bond donors (Lipinski definition) is 2. The average molecular weight is 824 g/mol. The van der Waals surface area contributed by atoms with Crippen LogP contribution in [0.5, 0.6) is 0 Å². The van der Waals surface area contributed by atoms with Crippen LogP contribution in [-0.2, 0) is 9.47 Å². The fourth-order valence-corrected chi connectivity index (χ4v) is 6.28. The second-order valence-electron chi connectivity index (χ2n) is 11.1. The van der Waals surface area contributed by atoms with Crippen molar-refractivity contribution in [3.63, 3.8) is 0 Å². The fraction of sp³-hybridized carbons (Fsp3) is 0.105. The first-order valence-corrected chi connectivity index (χ1v) is 17.1. The van der Waals surface area contributed by atoms with Gasteiger partial charge in [-0.05, 0) is 35.4 Å². The zero-order chi connectivity index (χ0) is 37.4. The summed E-state index contributed by atoms with van der Waals surface area (Å²) in [5.74, 6) is -0.988. The third-order valence-electron chi connectivity index (χ3n) is 8.05. The predicted octanol–water partition coefficient (Wildman–Crippen LogP) is 8.33. The van der Waals surface area contributed by atoms with Gasteiger partial charge in [0.1, 0.15) is 11.8 Å². The minimum Gasteiger partial charge on any atom is -0.434 e. The summed E-state index contributed by atoms with van der Waals surface area (Å²) >= 11 is 6.72.